The van der Waals surface area contributed by atoms with Crippen LogP contribution in [0.4, 0.5) is 0 Å². The fourth-order valence-electron chi connectivity index (χ4n) is 3.29. The molecule has 1 aliphatic rings. The Hall–Kier alpha value is -2.97. The van der Waals surface area contributed by atoms with Crippen LogP contribution in [-0.2, 0) is 14.3 Å². The summed E-state index contributed by atoms with van der Waals surface area (Å²) < 4.78 is 4.75. The van der Waals surface area contributed by atoms with Gasteiger partial charge in [-0.25, -0.2) is 4.79 Å². The molecule has 1 aromatic carbocycles. The summed E-state index contributed by atoms with van der Waals surface area (Å²) in [6, 6.07) is 2.51. The zero-order valence-corrected chi connectivity index (χ0v) is 18.6. The zero-order chi connectivity index (χ0) is 24.3. The first-order chi connectivity index (χ1) is 15.2. The van der Waals surface area contributed by atoms with Gasteiger partial charge < -0.3 is 30.0 Å². The van der Waals surface area contributed by atoms with Gasteiger partial charge in [0.05, 0.1) is 18.6 Å². The van der Waals surface area contributed by atoms with E-state index in [1.807, 2.05) is 12.2 Å². The lowest BCUT2D eigenvalue weighted by atomic mass is 9.76. The topological polar surface area (TPSA) is 141 Å². The van der Waals surface area contributed by atoms with Crippen molar-refractivity contribution in [3.8, 4) is 11.5 Å². The van der Waals surface area contributed by atoms with Crippen molar-refractivity contribution in [2.24, 2.45) is 11.8 Å². The zero-order valence-electron chi connectivity index (χ0n) is 18.6. The molecule has 32 heavy (non-hydrogen) atoms. The van der Waals surface area contributed by atoms with Crippen LogP contribution >= 0.6 is 0 Å². The molecule has 2 rings (SSSR count). The maximum Gasteiger partial charge on any atom is 0.342 e. The molecule has 0 radical (unpaired) electrons. The van der Waals surface area contributed by atoms with Crippen LogP contribution in [-0.4, -0.2) is 57.3 Å². The average Bonchev–Trinajstić information content (AvgIpc) is 2.72. The predicted molar refractivity (Wildman–Crippen MR) is 118 cm³/mol. The summed E-state index contributed by atoms with van der Waals surface area (Å²) in [4.78, 5) is 33.9. The summed E-state index contributed by atoms with van der Waals surface area (Å²) in [6.45, 7) is 5.63. The fourth-order valence-corrected chi connectivity index (χ4v) is 3.29. The van der Waals surface area contributed by atoms with E-state index in [-0.39, 0.29) is 36.0 Å². The number of hydrogen-bond donors (Lipinski definition) is 4. The Balaban J connectivity index is 0.000000330. The highest BCUT2D eigenvalue weighted by Gasteiger charge is 2.41. The number of carbonyl (C=O) groups is 3. The normalized spacial score (nSPS) is 23.1. The summed E-state index contributed by atoms with van der Waals surface area (Å²) in [5, 5.41) is 37.5. The molecule has 1 aromatic rings. The van der Waals surface area contributed by atoms with E-state index in [0.717, 1.165) is 18.9 Å². The summed E-state index contributed by atoms with van der Waals surface area (Å²) >= 11 is 0. The molecule has 8 heteroatoms. The van der Waals surface area contributed by atoms with E-state index in [9.17, 15) is 29.7 Å². The van der Waals surface area contributed by atoms with E-state index in [2.05, 4.69) is 6.92 Å². The molecule has 4 N–H and O–H groups in total. The first kappa shape index (κ1) is 27.1. The first-order valence-electron chi connectivity index (χ1n) is 10.6. The van der Waals surface area contributed by atoms with Crippen molar-refractivity contribution in [3.05, 3.63) is 47.6 Å². The molecule has 1 aliphatic carbocycles. The highest BCUT2D eigenvalue weighted by molar-refractivity contribution is 5.97. The Kier molecular flexibility index (Phi) is 11.4. The van der Waals surface area contributed by atoms with Crippen molar-refractivity contribution in [3.63, 3.8) is 0 Å². The number of ketones is 1. The number of carbonyl (C=O) groups excluding carboxylic acids is 3. The van der Waals surface area contributed by atoms with Crippen LogP contribution in [0.1, 0.15) is 49.0 Å². The van der Waals surface area contributed by atoms with Crippen molar-refractivity contribution in [1.29, 1.82) is 0 Å². The van der Waals surface area contributed by atoms with Crippen molar-refractivity contribution >= 4 is 18.0 Å². The molecular formula is C24H32O8. The highest BCUT2D eigenvalue weighted by atomic mass is 16.5. The maximum atomic E-state index is 11.6. The van der Waals surface area contributed by atoms with E-state index < -0.39 is 29.9 Å². The predicted octanol–water partition coefficient (Wildman–Crippen LogP) is 2.61. The lowest BCUT2D eigenvalue weighted by Gasteiger charge is -2.31. The second-order valence-corrected chi connectivity index (χ2v) is 7.45. The van der Waals surface area contributed by atoms with Gasteiger partial charge in [-0.15, -0.1) is 0 Å². The van der Waals surface area contributed by atoms with Gasteiger partial charge in [0.25, 0.3) is 0 Å². The van der Waals surface area contributed by atoms with Crippen molar-refractivity contribution < 1.29 is 39.5 Å². The van der Waals surface area contributed by atoms with E-state index in [0.29, 0.717) is 11.8 Å². The summed E-state index contributed by atoms with van der Waals surface area (Å²) in [7, 11) is 0. The highest BCUT2D eigenvalue weighted by Crippen LogP contribution is 2.28. The van der Waals surface area contributed by atoms with Crippen LogP contribution in [0, 0.1) is 18.8 Å². The van der Waals surface area contributed by atoms with E-state index in [1.54, 1.807) is 26.0 Å². The maximum absolute atomic E-state index is 11.6. The molecule has 0 bridgehead atoms. The lowest BCUT2D eigenvalue weighted by molar-refractivity contribution is -0.146. The van der Waals surface area contributed by atoms with Gasteiger partial charge in [0.1, 0.15) is 29.5 Å². The minimum atomic E-state index is -1.43. The number of rotatable bonds is 7. The number of aliphatic hydroxyl groups is 2. The van der Waals surface area contributed by atoms with Crippen LogP contribution in [0.15, 0.2) is 36.4 Å². The number of hydrogen-bond acceptors (Lipinski definition) is 8. The van der Waals surface area contributed by atoms with Crippen molar-refractivity contribution in [1.82, 2.24) is 0 Å². The summed E-state index contributed by atoms with van der Waals surface area (Å²) in [5.74, 6) is -2.69. The standard InChI is InChI=1S/C14H20O4.C10H12O4/c1-2-3-4-5-6-7-10-8-12(16)14(18)13(17)11(10)9-15;1-3-14-10(13)9-6(2)4-7(11)5-8(9)12/h4-7,9-12,14,16,18H,2-3,8H2,1H3;4-5,11-12H,3H2,1-2H3. The Bertz CT molecular complexity index is 819. The minimum Gasteiger partial charge on any atom is -0.508 e. The molecule has 8 nitrogen and oxygen atoms in total. The fraction of sp³-hybridized carbons (Fsp3) is 0.458. The van der Waals surface area contributed by atoms with Crippen LogP contribution in [0.3, 0.4) is 0 Å². The quantitative estimate of drug-likeness (QED) is 0.216. The number of aliphatic hydroxyl groups excluding tert-OH is 2. The van der Waals surface area contributed by atoms with Crippen molar-refractivity contribution in [2.75, 3.05) is 6.61 Å². The monoisotopic (exact) mass is 448 g/mol. The van der Waals surface area contributed by atoms with Gasteiger partial charge >= 0.3 is 5.97 Å². The number of unbranched alkanes of at least 4 members (excludes halogenated alkanes) is 1. The average molecular weight is 449 g/mol. The number of aldehydes is 1. The number of ether oxygens (including phenoxy) is 1. The summed E-state index contributed by atoms with van der Waals surface area (Å²) in [5.41, 5.74) is 0.589. The van der Waals surface area contributed by atoms with Gasteiger partial charge in [0.2, 0.25) is 0 Å². The van der Waals surface area contributed by atoms with Crippen LogP contribution in [0.2, 0.25) is 0 Å². The molecular weight excluding hydrogens is 416 g/mol. The van der Waals surface area contributed by atoms with Gasteiger partial charge in [-0.3, -0.25) is 4.79 Å². The molecule has 0 heterocycles. The molecule has 1 fully saturated rings. The third kappa shape index (κ3) is 7.62. The molecule has 4 unspecified atom stereocenters. The molecule has 0 amide bonds. The van der Waals surface area contributed by atoms with Crippen LogP contribution in [0.25, 0.3) is 0 Å². The Morgan fingerprint density at radius 2 is 1.88 bits per heavy atom. The molecule has 176 valence electrons. The third-order valence-corrected chi connectivity index (χ3v) is 4.95. The Morgan fingerprint density at radius 1 is 1.19 bits per heavy atom. The molecule has 0 saturated heterocycles. The smallest absolute Gasteiger partial charge is 0.342 e. The molecule has 4 atom stereocenters. The first-order valence-corrected chi connectivity index (χ1v) is 10.6. The molecule has 0 aliphatic heterocycles. The van der Waals surface area contributed by atoms with Gasteiger partial charge in [-0.1, -0.05) is 37.6 Å². The number of aromatic hydroxyl groups is 2. The van der Waals surface area contributed by atoms with Crippen LogP contribution < -0.4 is 0 Å². The second kappa shape index (κ2) is 13.4. The van der Waals surface area contributed by atoms with Gasteiger partial charge in [-0.05, 0) is 44.2 Å². The Labute approximate surface area is 187 Å². The number of Topliss-reactive ketones (excluding diaryl/α,β-unsaturated/α-hetero) is 1. The number of phenolic OH excluding ortho intramolecular Hbond substituents is 2. The van der Waals surface area contributed by atoms with Crippen molar-refractivity contribution in [2.45, 2.75) is 52.2 Å². The minimum absolute atomic E-state index is 0.0759. The van der Waals surface area contributed by atoms with E-state index in [1.165, 1.54) is 6.07 Å². The van der Waals surface area contributed by atoms with Crippen LogP contribution in [0.5, 0.6) is 11.5 Å². The number of benzene rings is 1. The molecule has 0 spiro atoms. The van der Waals surface area contributed by atoms with E-state index in [4.69, 9.17) is 9.84 Å². The number of esters is 1. The Morgan fingerprint density at radius 3 is 2.44 bits per heavy atom. The number of phenols is 2. The van der Waals surface area contributed by atoms with Gasteiger partial charge in [-0.2, -0.15) is 0 Å². The number of allylic oxidation sites excluding steroid dienone is 4. The molecule has 0 aromatic heterocycles. The lowest BCUT2D eigenvalue weighted by Crippen LogP contribution is -2.47. The third-order valence-electron chi connectivity index (χ3n) is 4.95. The number of aryl methyl sites for hydroxylation is 1. The largest absolute Gasteiger partial charge is 0.508 e. The van der Waals surface area contributed by atoms with E-state index >= 15 is 0 Å². The van der Waals surface area contributed by atoms with Gasteiger partial charge in [0.15, 0.2) is 5.78 Å². The second-order valence-electron chi connectivity index (χ2n) is 7.45. The SMILES string of the molecule is CCCC=CC=CC1CC(O)C(O)C(=O)C1C=O.CCOC(=O)c1c(C)cc(O)cc1O. The van der Waals surface area contributed by atoms with Gasteiger partial charge in [0, 0.05) is 6.07 Å². The summed E-state index contributed by atoms with van der Waals surface area (Å²) in [6.07, 6.45) is 7.72. The molecule has 1 saturated carbocycles.